The molecule has 3 N–H and O–H groups in total. The molecule has 0 aromatic heterocycles. The molecule has 1 atom stereocenters. The minimum Gasteiger partial charge on any atom is -0.459 e. The SMILES string of the molecule is CCCCCCCCCC(=O)O[C@@H](CO[P+](O)(O)OCCO)CSC(=O)CCCCCCCCC. The molecule has 0 saturated heterocycles. The van der Waals surface area contributed by atoms with Gasteiger partial charge in [0.15, 0.2) is 5.12 Å². The highest BCUT2D eigenvalue weighted by Gasteiger charge is 2.40. The first-order chi connectivity index (χ1) is 16.8. The van der Waals surface area contributed by atoms with E-state index in [1.165, 1.54) is 51.4 Å². The minimum atomic E-state index is -4.12. The zero-order valence-corrected chi connectivity index (χ0v) is 23.7. The van der Waals surface area contributed by atoms with Crippen LogP contribution in [-0.4, -0.2) is 57.7 Å². The molecule has 0 saturated carbocycles. The fraction of sp³-hybridized carbons (Fsp3) is 0.920. The van der Waals surface area contributed by atoms with E-state index in [2.05, 4.69) is 13.8 Å². The fourth-order valence-electron chi connectivity index (χ4n) is 3.45. The monoisotopic (exact) mass is 541 g/mol. The van der Waals surface area contributed by atoms with Crippen LogP contribution < -0.4 is 0 Å². The molecule has 0 unspecified atom stereocenters. The van der Waals surface area contributed by atoms with Gasteiger partial charge >= 0.3 is 14.1 Å². The second kappa shape index (κ2) is 24.1. The number of thioether (sulfide) groups is 1. The van der Waals surface area contributed by atoms with E-state index in [1.807, 2.05) is 0 Å². The predicted molar refractivity (Wildman–Crippen MR) is 143 cm³/mol. The molecule has 0 fully saturated rings. The van der Waals surface area contributed by atoms with Gasteiger partial charge in [0.05, 0.1) is 6.61 Å². The third kappa shape index (κ3) is 23.8. The number of unbranched alkanes of at least 4 members (excludes halogenated alkanes) is 12. The van der Waals surface area contributed by atoms with Gasteiger partial charge in [0.1, 0.15) is 19.3 Å². The van der Waals surface area contributed by atoms with Crippen LogP contribution in [0.5, 0.6) is 0 Å². The Balaban J connectivity index is 4.40. The lowest BCUT2D eigenvalue weighted by Gasteiger charge is -2.17. The Morgan fingerprint density at radius 1 is 0.771 bits per heavy atom. The second-order valence-corrected chi connectivity index (χ2v) is 11.5. The standard InChI is InChI=1S/C25H50O8PS/c1-3-5-7-9-11-13-15-17-24(27)33-23(21-32-34(29,30)31-20-19-26)22-35-25(28)18-16-14-12-10-8-6-4-2/h23,26,29-30H,3-22H2,1-2H3/q+1/t23-/m0/s1. The number of aliphatic hydroxyl groups is 1. The summed E-state index contributed by atoms with van der Waals surface area (Å²) in [5.74, 6) is -0.207. The Bertz CT molecular complexity index is 522. The van der Waals surface area contributed by atoms with E-state index in [4.69, 9.17) is 18.9 Å². The van der Waals surface area contributed by atoms with Crippen LogP contribution in [0.25, 0.3) is 0 Å². The lowest BCUT2D eigenvalue weighted by Crippen LogP contribution is -2.27. The molecule has 35 heavy (non-hydrogen) atoms. The molecule has 0 amide bonds. The Morgan fingerprint density at radius 3 is 1.83 bits per heavy atom. The van der Waals surface area contributed by atoms with Crippen molar-refractivity contribution < 1.29 is 38.3 Å². The molecule has 0 aromatic carbocycles. The summed E-state index contributed by atoms with van der Waals surface area (Å²) in [7, 11) is -4.12. The van der Waals surface area contributed by atoms with E-state index in [1.54, 1.807) is 0 Å². The van der Waals surface area contributed by atoms with Crippen LogP contribution in [-0.2, 0) is 23.4 Å². The third-order valence-electron chi connectivity index (χ3n) is 5.48. The normalized spacial score (nSPS) is 12.6. The van der Waals surface area contributed by atoms with Gasteiger partial charge in [-0.05, 0) is 12.8 Å². The lowest BCUT2D eigenvalue weighted by atomic mass is 10.1. The number of esters is 1. The molecule has 0 aliphatic carbocycles. The Morgan fingerprint density at radius 2 is 1.29 bits per heavy atom. The molecule has 10 heteroatoms. The van der Waals surface area contributed by atoms with Crippen molar-refractivity contribution in [1.29, 1.82) is 0 Å². The van der Waals surface area contributed by atoms with E-state index in [0.717, 1.165) is 50.3 Å². The first-order valence-electron chi connectivity index (χ1n) is 13.4. The first kappa shape index (κ1) is 34.7. The Hall–Kier alpha value is -0.280. The number of rotatable bonds is 25. The van der Waals surface area contributed by atoms with Crippen LogP contribution in [0.3, 0.4) is 0 Å². The molecular formula is C25H50O8PS+. The lowest BCUT2D eigenvalue weighted by molar-refractivity contribution is -0.150. The molecule has 0 radical (unpaired) electrons. The second-order valence-electron chi connectivity index (χ2n) is 8.88. The van der Waals surface area contributed by atoms with E-state index in [9.17, 15) is 19.4 Å². The zero-order chi connectivity index (χ0) is 26.2. The average Bonchev–Trinajstić information content (AvgIpc) is 2.83. The van der Waals surface area contributed by atoms with Gasteiger partial charge in [0, 0.05) is 18.6 Å². The molecule has 208 valence electrons. The molecule has 0 bridgehead atoms. The van der Waals surface area contributed by atoms with E-state index in [-0.39, 0.29) is 43.1 Å². The molecule has 0 aliphatic rings. The number of ether oxygens (including phenoxy) is 1. The van der Waals surface area contributed by atoms with Crippen LogP contribution in [0.1, 0.15) is 117 Å². The zero-order valence-electron chi connectivity index (χ0n) is 22.0. The smallest absolute Gasteiger partial charge is 0.459 e. The molecule has 0 aromatic rings. The van der Waals surface area contributed by atoms with Gasteiger partial charge in [-0.25, -0.2) is 0 Å². The van der Waals surface area contributed by atoms with Crippen molar-refractivity contribution in [1.82, 2.24) is 0 Å². The van der Waals surface area contributed by atoms with E-state index in [0.29, 0.717) is 6.42 Å². The summed E-state index contributed by atoms with van der Waals surface area (Å²) in [4.78, 5) is 44.1. The van der Waals surface area contributed by atoms with Crippen molar-refractivity contribution >= 4 is 31.0 Å². The highest BCUT2D eigenvalue weighted by atomic mass is 32.2. The predicted octanol–water partition coefficient (Wildman–Crippen LogP) is 6.13. The summed E-state index contributed by atoms with van der Waals surface area (Å²) < 4.78 is 15.2. The maximum Gasteiger partial charge on any atom is 0.570 e. The van der Waals surface area contributed by atoms with Gasteiger partial charge in [0.2, 0.25) is 0 Å². The van der Waals surface area contributed by atoms with Crippen LogP contribution in [0.15, 0.2) is 0 Å². The highest BCUT2D eigenvalue weighted by Crippen LogP contribution is 2.52. The largest absolute Gasteiger partial charge is 0.570 e. The Kier molecular flexibility index (Phi) is 23.9. The van der Waals surface area contributed by atoms with Gasteiger partial charge in [0.25, 0.3) is 0 Å². The molecule has 0 heterocycles. The summed E-state index contributed by atoms with van der Waals surface area (Å²) in [6, 6.07) is 0. The number of aliphatic hydroxyl groups excluding tert-OH is 1. The quantitative estimate of drug-likeness (QED) is 0.0712. The Labute approximate surface area is 217 Å². The van der Waals surface area contributed by atoms with Gasteiger partial charge in [-0.15, -0.1) is 4.52 Å². The average molecular weight is 542 g/mol. The summed E-state index contributed by atoms with van der Waals surface area (Å²) in [5, 5.41) is 8.81. The van der Waals surface area contributed by atoms with Crippen LogP contribution in [0.2, 0.25) is 0 Å². The van der Waals surface area contributed by atoms with E-state index >= 15 is 0 Å². The van der Waals surface area contributed by atoms with Gasteiger partial charge in [-0.3, -0.25) is 9.59 Å². The summed E-state index contributed by atoms with van der Waals surface area (Å²) in [6.45, 7) is 3.40. The number of hydrogen-bond acceptors (Lipinski definition) is 9. The summed E-state index contributed by atoms with van der Waals surface area (Å²) in [6.07, 6.45) is 15.5. The van der Waals surface area contributed by atoms with Crippen molar-refractivity contribution in [2.24, 2.45) is 0 Å². The number of hydrogen-bond donors (Lipinski definition) is 3. The summed E-state index contributed by atoms with van der Waals surface area (Å²) in [5.41, 5.74) is 0. The van der Waals surface area contributed by atoms with Gasteiger partial charge < -0.3 is 9.84 Å². The first-order valence-corrected chi connectivity index (χ1v) is 16.0. The van der Waals surface area contributed by atoms with Crippen LogP contribution >= 0.6 is 19.9 Å². The van der Waals surface area contributed by atoms with Crippen molar-refractivity contribution in [2.45, 2.75) is 123 Å². The van der Waals surface area contributed by atoms with Gasteiger partial charge in [-0.1, -0.05) is 103 Å². The van der Waals surface area contributed by atoms with Crippen LogP contribution in [0, 0.1) is 0 Å². The molecule has 8 nitrogen and oxygen atoms in total. The number of carbonyl (C=O) groups is 2. The molecule has 0 rings (SSSR count). The van der Waals surface area contributed by atoms with Crippen molar-refractivity contribution in [3.63, 3.8) is 0 Å². The maximum absolute atomic E-state index is 12.3. The van der Waals surface area contributed by atoms with Crippen molar-refractivity contribution in [3.8, 4) is 0 Å². The third-order valence-corrected chi connectivity index (χ3v) is 7.55. The number of carbonyl (C=O) groups excluding carboxylic acids is 2. The fourth-order valence-corrected chi connectivity index (χ4v) is 5.03. The van der Waals surface area contributed by atoms with Gasteiger partial charge in [-0.2, -0.15) is 14.3 Å². The summed E-state index contributed by atoms with van der Waals surface area (Å²) >= 11 is 1.08. The molecule has 0 aliphatic heterocycles. The topological polar surface area (TPSA) is 123 Å². The van der Waals surface area contributed by atoms with E-state index < -0.39 is 14.3 Å². The maximum atomic E-state index is 12.3. The highest BCUT2D eigenvalue weighted by molar-refractivity contribution is 8.13. The van der Waals surface area contributed by atoms with Crippen molar-refractivity contribution in [3.05, 3.63) is 0 Å². The molecule has 0 spiro atoms. The molecular weight excluding hydrogens is 491 g/mol. The minimum absolute atomic E-state index is 0.0253. The van der Waals surface area contributed by atoms with Crippen molar-refractivity contribution in [2.75, 3.05) is 25.6 Å². The van der Waals surface area contributed by atoms with Crippen LogP contribution in [0.4, 0.5) is 0 Å².